The summed E-state index contributed by atoms with van der Waals surface area (Å²) < 4.78 is 36.6. The number of aryl methyl sites for hydroxylation is 2. The van der Waals surface area contributed by atoms with Crippen LogP contribution in [0.25, 0.3) is 11.3 Å². The molecule has 6 rings (SSSR count). The molecule has 8 heteroatoms. The molecule has 4 bridgehead atoms. The van der Waals surface area contributed by atoms with Crippen LogP contribution in [0.3, 0.4) is 0 Å². The van der Waals surface area contributed by atoms with Gasteiger partial charge in [-0.25, -0.2) is 18.1 Å². The van der Waals surface area contributed by atoms with Crippen LogP contribution in [0, 0.1) is 37.0 Å². The van der Waals surface area contributed by atoms with Crippen LogP contribution in [0.5, 0.6) is 5.88 Å². The van der Waals surface area contributed by atoms with Crippen LogP contribution >= 0.6 is 0 Å². The fraction of sp³-hybridized carbons (Fsp3) is 0.529. The molecule has 2 aromatic carbocycles. The van der Waals surface area contributed by atoms with Gasteiger partial charge in [-0.05, 0) is 98.9 Å². The fourth-order valence-electron chi connectivity index (χ4n) is 7.75. The lowest BCUT2D eigenvalue weighted by atomic mass is 9.52. The molecule has 0 radical (unpaired) electrons. The Kier molecular flexibility index (Phi) is 7.59. The van der Waals surface area contributed by atoms with E-state index in [0.29, 0.717) is 41.5 Å². The molecule has 1 aromatic heterocycles. The summed E-state index contributed by atoms with van der Waals surface area (Å²) in [6.45, 7) is 16.0. The Balaban J connectivity index is 1.40. The summed E-state index contributed by atoms with van der Waals surface area (Å²) in [6.07, 6.45) is 3.35. The van der Waals surface area contributed by atoms with Crippen LogP contribution in [0.4, 0.5) is 5.95 Å². The minimum Gasteiger partial charge on any atom is -0.477 e. The maximum atomic E-state index is 13.7. The van der Waals surface area contributed by atoms with Gasteiger partial charge in [0.2, 0.25) is 11.8 Å². The highest BCUT2D eigenvalue weighted by molar-refractivity contribution is 7.92. The van der Waals surface area contributed by atoms with Gasteiger partial charge in [-0.1, -0.05) is 44.2 Å². The molecule has 2 fully saturated rings. The predicted octanol–water partition coefficient (Wildman–Crippen LogP) is 6.82. The van der Waals surface area contributed by atoms with E-state index in [1.54, 1.807) is 6.07 Å². The van der Waals surface area contributed by atoms with Gasteiger partial charge in [-0.15, -0.1) is 0 Å². The molecule has 42 heavy (non-hydrogen) atoms. The normalized spacial score (nSPS) is 23.3. The molecule has 2 atom stereocenters. The number of hydrogen-bond donors (Lipinski definition) is 1. The highest BCUT2D eigenvalue weighted by atomic mass is 32.2. The van der Waals surface area contributed by atoms with Gasteiger partial charge in [0.25, 0.3) is 10.0 Å². The molecule has 1 saturated heterocycles. The van der Waals surface area contributed by atoms with E-state index in [2.05, 4.69) is 53.4 Å². The molecule has 7 nitrogen and oxygen atoms in total. The molecule has 1 aliphatic carbocycles. The van der Waals surface area contributed by atoms with Crippen LogP contribution in [-0.4, -0.2) is 49.0 Å². The number of rotatable bonds is 5. The maximum Gasteiger partial charge on any atom is 0.264 e. The highest BCUT2D eigenvalue weighted by Crippen LogP contribution is 2.58. The zero-order valence-electron chi connectivity index (χ0n) is 25.7. The quantitative estimate of drug-likeness (QED) is 0.352. The third kappa shape index (κ3) is 5.55. The summed E-state index contributed by atoms with van der Waals surface area (Å²) in [5.41, 5.74) is 5.24. The van der Waals surface area contributed by atoms with Crippen LogP contribution in [0.15, 0.2) is 53.4 Å². The summed E-state index contributed by atoms with van der Waals surface area (Å²) in [7, 11) is -3.91. The first-order chi connectivity index (χ1) is 19.9. The molecule has 1 saturated carbocycles. The van der Waals surface area contributed by atoms with Crippen molar-refractivity contribution >= 4 is 16.0 Å². The van der Waals surface area contributed by atoms with Gasteiger partial charge in [0, 0.05) is 36.7 Å². The second-order valence-electron chi connectivity index (χ2n) is 13.8. The molecule has 1 N–H and O–H groups in total. The van der Waals surface area contributed by atoms with Crippen molar-refractivity contribution in [3.63, 3.8) is 0 Å². The topological polar surface area (TPSA) is 84.4 Å². The molecule has 1 spiro atoms. The second kappa shape index (κ2) is 10.9. The van der Waals surface area contributed by atoms with Crippen molar-refractivity contribution in [3.05, 3.63) is 65.2 Å². The van der Waals surface area contributed by atoms with Crippen LogP contribution in [0.1, 0.15) is 69.6 Å². The first-order valence-corrected chi connectivity index (χ1v) is 16.9. The number of fused-ring (bicyclic) bond motifs is 4. The lowest BCUT2D eigenvalue weighted by Gasteiger charge is -2.62. The molecule has 2 aliphatic heterocycles. The highest BCUT2D eigenvalue weighted by Gasteiger charge is 2.55. The fourth-order valence-corrected chi connectivity index (χ4v) is 8.75. The van der Waals surface area contributed by atoms with E-state index in [9.17, 15) is 8.42 Å². The smallest absolute Gasteiger partial charge is 0.264 e. The summed E-state index contributed by atoms with van der Waals surface area (Å²) >= 11 is 0. The van der Waals surface area contributed by atoms with Gasteiger partial charge in [0.15, 0.2) is 0 Å². The number of nitrogens with one attached hydrogen (secondary N) is 1. The monoisotopic (exact) mass is 588 g/mol. The number of benzene rings is 2. The molecule has 3 heterocycles. The first kappa shape index (κ1) is 29.1. The lowest BCUT2D eigenvalue weighted by molar-refractivity contribution is -0.119. The molecule has 1 unspecified atom stereocenters. The van der Waals surface area contributed by atoms with Crippen molar-refractivity contribution in [3.8, 4) is 17.1 Å². The van der Waals surface area contributed by atoms with Gasteiger partial charge >= 0.3 is 0 Å². The third-order valence-corrected chi connectivity index (χ3v) is 11.0. The van der Waals surface area contributed by atoms with E-state index in [4.69, 9.17) is 4.74 Å². The Morgan fingerprint density at radius 3 is 2.36 bits per heavy atom. The van der Waals surface area contributed by atoms with E-state index in [0.717, 1.165) is 28.7 Å². The average molecular weight is 589 g/mol. The van der Waals surface area contributed by atoms with Crippen molar-refractivity contribution < 1.29 is 13.2 Å². The van der Waals surface area contributed by atoms with Crippen molar-refractivity contribution in [1.29, 1.82) is 0 Å². The van der Waals surface area contributed by atoms with E-state index < -0.39 is 10.0 Å². The number of aromatic nitrogens is 2. The van der Waals surface area contributed by atoms with Gasteiger partial charge in [-0.3, -0.25) is 4.90 Å². The molecule has 0 amide bonds. The summed E-state index contributed by atoms with van der Waals surface area (Å²) in [6, 6.07) is 16.1. The number of likely N-dealkylation sites (tertiary alicyclic amines) is 1. The average Bonchev–Trinajstić information content (AvgIpc) is 2.86. The van der Waals surface area contributed by atoms with Crippen LogP contribution in [0.2, 0.25) is 0 Å². The summed E-state index contributed by atoms with van der Waals surface area (Å²) in [5, 5.41) is 0. The minimum absolute atomic E-state index is 0.0220. The van der Waals surface area contributed by atoms with Crippen LogP contribution < -0.4 is 9.46 Å². The lowest BCUT2D eigenvalue weighted by Crippen LogP contribution is -2.64. The largest absolute Gasteiger partial charge is 0.477 e. The third-order valence-electron chi connectivity index (χ3n) is 9.65. The van der Waals surface area contributed by atoms with E-state index >= 15 is 0 Å². The number of sulfonamides is 1. The molecule has 3 aliphatic rings. The van der Waals surface area contributed by atoms with Gasteiger partial charge in [0.1, 0.15) is 0 Å². The zero-order chi connectivity index (χ0) is 29.8. The van der Waals surface area contributed by atoms with E-state index in [1.807, 2.05) is 50.2 Å². The van der Waals surface area contributed by atoms with Gasteiger partial charge in [0.05, 0.1) is 17.2 Å². The number of nitrogens with zero attached hydrogens (tertiary/aromatic N) is 3. The SMILES string of the molecule is Cc1cccc(C)c1-c1cc2nc(n1)NS(=O)(=O)c1cccc(c1)C(C1CC3(C1)CN(C(C)C)C3)[C@H](CC(C)C)CO2. The summed E-state index contributed by atoms with van der Waals surface area (Å²) in [5.74, 6) is 1.82. The zero-order valence-corrected chi connectivity index (χ0v) is 26.5. The van der Waals surface area contributed by atoms with Gasteiger partial charge < -0.3 is 4.74 Å². The summed E-state index contributed by atoms with van der Waals surface area (Å²) in [4.78, 5) is 12.0. The first-order valence-electron chi connectivity index (χ1n) is 15.4. The minimum atomic E-state index is -3.91. The molecular formula is C34H44N4O3S. The molecule has 3 aromatic rings. The molecular weight excluding hydrogens is 544 g/mol. The van der Waals surface area contributed by atoms with Crippen LogP contribution in [-0.2, 0) is 10.0 Å². The molecule has 224 valence electrons. The Morgan fingerprint density at radius 2 is 1.69 bits per heavy atom. The van der Waals surface area contributed by atoms with Crippen molar-refractivity contribution in [2.24, 2.45) is 23.2 Å². The maximum absolute atomic E-state index is 13.7. The second-order valence-corrected chi connectivity index (χ2v) is 15.4. The van der Waals surface area contributed by atoms with E-state index in [-0.39, 0.29) is 22.7 Å². The Labute approximate surface area is 251 Å². The number of anilines is 1. The van der Waals surface area contributed by atoms with Crippen molar-refractivity contribution in [1.82, 2.24) is 14.9 Å². The van der Waals surface area contributed by atoms with E-state index in [1.165, 1.54) is 25.9 Å². The predicted molar refractivity (Wildman–Crippen MR) is 167 cm³/mol. The Hall–Kier alpha value is -2.97. The Morgan fingerprint density at radius 1 is 1.00 bits per heavy atom. The van der Waals surface area contributed by atoms with Crippen molar-refractivity contribution in [2.45, 2.75) is 77.7 Å². The number of ether oxygens (including phenoxy) is 1. The Bertz CT molecular complexity index is 1550. The standard InChI is InChI=1S/C34H44N4O3S/c1-21(2)13-26-18-41-30-15-29(31-23(5)9-7-10-24(31)6)35-33(36-30)37-42(39,40)28-12-8-11-25(14-28)32(26)27-16-34(17-27)19-38(20-34)22(3)4/h7-12,14-15,21-22,26-27,32H,13,16-20H2,1-6H3,(H,35,36,37)/t26-,32?/m1/s1. The van der Waals surface area contributed by atoms with Crippen molar-refractivity contribution in [2.75, 3.05) is 24.4 Å². The number of hydrogen-bond acceptors (Lipinski definition) is 6. The van der Waals surface area contributed by atoms with Gasteiger partial charge in [-0.2, -0.15) is 4.98 Å².